The summed E-state index contributed by atoms with van der Waals surface area (Å²) in [6, 6.07) is 0.598. The molecule has 1 aliphatic heterocycles. The molecule has 1 saturated carbocycles. The van der Waals surface area contributed by atoms with E-state index in [1.807, 2.05) is 0 Å². The topological polar surface area (TPSA) is 47.1 Å². The SMILES string of the molecule is CN1CCc2c(N)nn(C3CCCCC3)c2C1. The molecule has 1 fully saturated rings. The van der Waals surface area contributed by atoms with Gasteiger partial charge in [-0.1, -0.05) is 19.3 Å². The van der Waals surface area contributed by atoms with Crippen LogP contribution in [0.15, 0.2) is 0 Å². The van der Waals surface area contributed by atoms with Crippen molar-refractivity contribution in [2.75, 3.05) is 19.3 Å². The van der Waals surface area contributed by atoms with Gasteiger partial charge in [0.25, 0.3) is 0 Å². The maximum absolute atomic E-state index is 6.06. The van der Waals surface area contributed by atoms with E-state index in [0.717, 1.165) is 25.3 Å². The number of aromatic nitrogens is 2. The second-order valence-corrected chi connectivity index (χ2v) is 5.53. The molecule has 0 bridgehead atoms. The van der Waals surface area contributed by atoms with Gasteiger partial charge in [-0.3, -0.25) is 4.68 Å². The molecule has 0 spiro atoms. The number of hydrogen-bond acceptors (Lipinski definition) is 3. The van der Waals surface area contributed by atoms with Crippen molar-refractivity contribution in [2.45, 2.75) is 51.1 Å². The Morgan fingerprint density at radius 1 is 1.24 bits per heavy atom. The first-order valence-electron chi connectivity index (χ1n) is 6.80. The van der Waals surface area contributed by atoms with Gasteiger partial charge in [0.05, 0.1) is 11.7 Å². The molecule has 2 N–H and O–H groups in total. The van der Waals surface area contributed by atoms with Gasteiger partial charge >= 0.3 is 0 Å². The average molecular weight is 234 g/mol. The molecular formula is C13H22N4. The lowest BCUT2D eigenvalue weighted by atomic mass is 9.95. The lowest BCUT2D eigenvalue weighted by Gasteiger charge is -2.28. The van der Waals surface area contributed by atoms with Gasteiger partial charge in [-0.2, -0.15) is 5.10 Å². The maximum atomic E-state index is 6.06. The van der Waals surface area contributed by atoms with E-state index in [4.69, 9.17) is 5.73 Å². The third-order valence-corrected chi connectivity index (χ3v) is 4.23. The second kappa shape index (κ2) is 4.33. The van der Waals surface area contributed by atoms with Gasteiger partial charge in [0.15, 0.2) is 0 Å². The first-order chi connectivity index (χ1) is 8.25. The zero-order valence-electron chi connectivity index (χ0n) is 10.7. The predicted molar refractivity (Wildman–Crippen MR) is 68.8 cm³/mol. The molecule has 0 atom stereocenters. The summed E-state index contributed by atoms with van der Waals surface area (Å²) in [6.07, 6.45) is 7.68. The standard InChI is InChI=1S/C13H22N4/c1-16-8-7-11-12(9-16)17(15-13(11)14)10-5-3-2-4-6-10/h10H,2-9H2,1H3,(H2,14,15). The molecule has 1 aromatic rings. The van der Waals surface area contributed by atoms with Crippen molar-refractivity contribution in [3.8, 4) is 0 Å². The quantitative estimate of drug-likeness (QED) is 0.808. The summed E-state index contributed by atoms with van der Waals surface area (Å²) in [5, 5.41) is 4.62. The lowest BCUT2D eigenvalue weighted by molar-refractivity contribution is 0.272. The Balaban J connectivity index is 1.93. The number of anilines is 1. The van der Waals surface area contributed by atoms with Crippen LogP contribution in [0.5, 0.6) is 0 Å². The fourth-order valence-corrected chi connectivity index (χ4v) is 3.23. The molecule has 1 aromatic heterocycles. The molecule has 94 valence electrons. The summed E-state index contributed by atoms with van der Waals surface area (Å²) in [7, 11) is 2.18. The van der Waals surface area contributed by atoms with E-state index in [-0.39, 0.29) is 0 Å². The molecule has 2 aliphatic rings. The zero-order chi connectivity index (χ0) is 11.8. The Hall–Kier alpha value is -1.03. The number of nitrogens with zero attached hydrogens (tertiary/aromatic N) is 3. The van der Waals surface area contributed by atoms with Crippen molar-refractivity contribution in [2.24, 2.45) is 0 Å². The van der Waals surface area contributed by atoms with Gasteiger partial charge in [-0.15, -0.1) is 0 Å². The molecule has 3 rings (SSSR count). The summed E-state index contributed by atoms with van der Waals surface area (Å²) in [5.74, 6) is 0.777. The monoisotopic (exact) mass is 234 g/mol. The zero-order valence-corrected chi connectivity index (χ0v) is 10.7. The van der Waals surface area contributed by atoms with Crippen LogP contribution in [0.2, 0.25) is 0 Å². The van der Waals surface area contributed by atoms with Gasteiger partial charge in [0, 0.05) is 18.7 Å². The van der Waals surface area contributed by atoms with Crippen LogP contribution in [0.4, 0.5) is 5.82 Å². The van der Waals surface area contributed by atoms with Gasteiger partial charge in [-0.05, 0) is 26.3 Å². The van der Waals surface area contributed by atoms with E-state index >= 15 is 0 Å². The first kappa shape index (κ1) is 11.1. The van der Waals surface area contributed by atoms with Gasteiger partial charge in [-0.25, -0.2) is 0 Å². The summed E-state index contributed by atoms with van der Waals surface area (Å²) >= 11 is 0. The molecule has 0 amide bonds. The van der Waals surface area contributed by atoms with Crippen LogP contribution in [-0.4, -0.2) is 28.3 Å². The molecule has 0 radical (unpaired) electrons. The lowest BCUT2D eigenvalue weighted by Crippen LogP contribution is -2.29. The van der Waals surface area contributed by atoms with Crippen molar-refractivity contribution in [3.63, 3.8) is 0 Å². The molecular weight excluding hydrogens is 212 g/mol. The number of hydrogen-bond donors (Lipinski definition) is 1. The molecule has 0 unspecified atom stereocenters. The fourth-order valence-electron chi connectivity index (χ4n) is 3.23. The van der Waals surface area contributed by atoms with E-state index in [9.17, 15) is 0 Å². The minimum Gasteiger partial charge on any atom is -0.382 e. The molecule has 1 aliphatic carbocycles. The van der Waals surface area contributed by atoms with E-state index in [1.165, 1.54) is 43.4 Å². The van der Waals surface area contributed by atoms with Crippen LogP contribution in [0.3, 0.4) is 0 Å². The molecule has 17 heavy (non-hydrogen) atoms. The maximum Gasteiger partial charge on any atom is 0.149 e. The molecule has 0 aromatic carbocycles. The third-order valence-electron chi connectivity index (χ3n) is 4.23. The number of rotatable bonds is 1. The summed E-state index contributed by atoms with van der Waals surface area (Å²) < 4.78 is 2.25. The number of likely N-dealkylation sites (N-methyl/N-ethyl adjacent to an activating group) is 1. The number of nitrogen functional groups attached to an aromatic ring is 1. The van der Waals surface area contributed by atoms with Crippen LogP contribution in [0.25, 0.3) is 0 Å². The minimum atomic E-state index is 0.598. The Morgan fingerprint density at radius 3 is 2.76 bits per heavy atom. The molecule has 2 heterocycles. The van der Waals surface area contributed by atoms with Crippen LogP contribution >= 0.6 is 0 Å². The largest absolute Gasteiger partial charge is 0.382 e. The van der Waals surface area contributed by atoms with Crippen LogP contribution in [0.1, 0.15) is 49.4 Å². The van der Waals surface area contributed by atoms with Crippen LogP contribution in [-0.2, 0) is 13.0 Å². The number of nitrogens with two attached hydrogens (primary N) is 1. The first-order valence-corrected chi connectivity index (χ1v) is 6.80. The second-order valence-electron chi connectivity index (χ2n) is 5.53. The summed E-state index contributed by atoms with van der Waals surface area (Å²) in [4.78, 5) is 2.36. The highest BCUT2D eigenvalue weighted by Crippen LogP contribution is 2.32. The molecule has 0 saturated heterocycles. The van der Waals surface area contributed by atoms with E-state index < -0.39 is 0 Å². The average Bonchev–Trinajstić information content (AvgIpc) is 2.67. The summed E-state index contributed by atoms with van der Waals surface area (Å²) in [6.45, 7) is 2.11. The van der Waals surface area contributed by atoms with Crippen LogP contribution < -0.4 is 5.73 Å². The molecule has 4 nitrogen and oxygen atoms in total. The Kier molecular flexibility index (Phi) is 2.82. The molecule has 4 heteroatoms. The Labute approximate surface area is 103 Å². The summed E-state index contributed by atoms with van der Waals surface area (Å²) in [5.41, 5.74) is 8.76. The van der Waals surface area contributed by atoms with E-state index in [2.05, 4.69) is 21.7 Å². The fraction of sp³-hybridized carbons (Fsp3) is 0.769. The normalized spacial score (nSPS) is 22.6. The highest BCUT2D eigenvalue weighted by molar-refractivity contribution is 5.44. The van der Waals surface area contributed by atoms with Crippen molar-refractivity contribution in [1.29, 1.82) is 0 Å². The Bertz CT molecular complexity index is 404. The third kappa shape index (κ3) is 1.95. The number of fused-ring (bicyclic) bond motifs is 1. The van der Waals surface area contributed by atoms with Crippen LogP contribution in [0, 0.1) is 0 Å². The van der Waals surface area contributed by atoms with Crippen molar-refractivity contribution >= 4 is 5.82 Å². The van der Waals surface area contributed by atoms with E-state index in [1.54, 1.807) is 0 Å². The highest BCUT2D eigenvalue weighted by atomic mass is 15.3. The van der Waals surface area contributed by atoms with Crippen molar-refractivity contribution < 1.29 is 0 Å². The highest BCUT2D eigenvalue weighted by Gasteiger charge is 2.26. The van der Waals surface area contributed by atoms with E-state index in [0.29, 0.717) is 6.04 Å². The van der Waals surface area contributed by atoms with Gasteiger partial charge < -0.3 is 10.6 Å². The van der Waals surface area contributed by atoms with Gasteiger partial charge in [0.2, 0.25) is 0 Å². The smallest absolute Gasteiger partial charge is 0.149 e. The van der Waals surface area contributed by atoms with Crippen molar-refractivity contribution in [1.82, 2.24) is 14.7 Å². The minimum absolute atomic E-state index is 0.598. The Morgan fingerprint density at radius 2 is 2.00 bits per heavy atom. The predicted octanol–water partition coefficient (Wildman–Crippen LogP) is 1.96. The van der Waals surface area contributed by atoms with Crippen molar-refractivity contribution in [3.05, 3.63) is 11.3 Å². The van der Waals surface area contributed by atoms with Gasteiger partial charge in [0.1, 0.15) is 5.82 Å².